The Morgan fingerprint density at radius 3 is 2.67 bits per heavy atom. The molecule has 1 atom stereocenters. The lowest BCUT2D eigenvalue weighted by Gasteiger charge is -2.34. The fraction of sp³-hybridized carbons (Fsp3) is 0.571. The van der Waals surface area contributed by atoms with Crippen LogP contribution in [0.5, 0.6) is 0 Å². The lowest BCUT2D eigenvalue weighted by molar-refractivity contribution is 0.239. The second-order valence-electron chi connectivity index (χ2n) is 5.25. The molecule has 1 fully saturated rings. The molecule has 21 heavy (non-hydrogen) atoms. The Kier molecular flexibility index (Phi) is 5.38. The molecule has 118 valence electrons. The van der Waals surface area contributed by atoms with Crippen molar-refractivity contribution in [2.45, 2.75) is 50.0 Å². The third-order valence-corrected chi connectivity index (χ3v) is 6.64. The summed E-state index contributed by atoms with van der Waals surface area (Å²) >= 11 is 2.97. The third-order valence-electron chi connectivity index (χ3n) is 3.72. The smallest absolute Gasteiger partial charge is 0.207 e. The van der Waals surface area contributed by atoms with E-state index in [1.807, 2.05) is 6.92 Å². The zero-order chi connectivity index (χ0) is 15.6. The van der Waals surface area contributed by atoms with Crippen LogP contribution in [0.4, 0.5) is 8.78 Å². The second-order valence-corrected chi connectivity index (χ2v) is 7.93. The van der Waals surface area contributed by atoms with Crippen LogP contribution in [0.25, 0.3) is 0 Å². The van der Waals surface area contributed by atoms with E-state index >= 15 is 0 Å². The lowest BCUT2D eigenvalue weighted by atomic mass is 10.0. The maximum absolute atomic E-state index is 14.0. The number of halogens is 3. The Morgan fingerprint density at radius 1 is 1.33 bits per heavy atom. The predicted molar refractivity (Wildman–Crippen MR) is 80.5 cm³/mol. The molecule has 0 N–H and O–H groups in total. The van der Waals surface area contributed by atoms with Crippen molar-refractivity contribution < 1.29 is 17.2 Å². The average Bonchev–Trinajstić information content (AvgIpc) is 2.37. The van der Waals surface area contributed by atoms with Crippen LogP contribution in [0.3, 0.4) is 0 Å². The fourth-order valence-corrected chi connectivity index (χ4v) is 5.64. The van der Waals surface area contributed by atoms with Gasteiger partial charge in [0.25, 0.3) is 0 Å². The standard InChI is InChI=1S/C14H18BrF2NO2S/c1-2-5-11-6-3-4-7-18(11)21(19,20)14-12(15)8-10(16)9-13(14)17/h8-9,11H,2-7H2,1H3. The number of nitrogens with zero attached hydrogens (tertiary/aromatic N) is 1. The topological polar surface area (TPSA) is 37.4 Å². The Hall–Kier alpha value is -0.530. The zero-order valence-electron chi connectivity index (χ0n) is 11.8. The monoisotopic (exact) mass is 381 g/mol. The summed E-state index contributed by atoms with van der Waals surface area (Å²) in [5, 5.41) is 0. The van der Waals surface area contributed by atoms with Crippen molar-refractivity contribution in [3.05, 3.63) is 28.2 Å². The first-order chi connectivity index (χ1) is 9.87. The summed E-state index contributed by atoms with van der Waals surface area (Å²) < 4.78 is 54.0. The molecule has 1 unspecified atom stereocenters. The summed E-state index contributed by atoms with van der Waals surface area (Å²) in [7, 11) is -3.97. The number of benzene rings is 1. The van der Waals surface area contributed by atoms with Crippen LogP contribution in [0.15, 0.2) is 21.5 Å². The van der Waals surface area contributed by atoms with Gasteiger partial charge in [-0.2, -0.15) is 4.31 Å². The first-order valence-corrected chi connectivity index (χ1v) is 9.27. The first-order valence-electron chi connectivity index (χ1n) is 7.04. The molecule has 1 aromatic rings. The van der Waals surface area contributed by atoms with E-state index in [0.29, 0.717) is 12.6 Å². The van der Waals surface area contributed by atoms with Crippen molar-refractivity contribution in [3.63, 3.8) is 0 Å². The highest BCUT2D eigenvalue weighted by molar-refractivity contribution is 9.10. The molecule has 1 aliphatic heterocycles. The molecule has 0 radical (unpaired) electrons. The minimum Gasteiger partial charge on any atom is -0.207 e. The zero-order valence-corrected chi connectivity index (χ0v) is 14.2. The molecule has 2 rings (SSSR count). The average molecular weight is 382 g/mol. The molecule has 0 spiro atoms. The van der Waals surface area contributed by atoms with Crippen molar-refractivity contribution in [1.29, 1.82) is 0 Å². The van der Waals surface area contributed by atoms with Gasteiger partial charge in [0.2, 0.25) is 10.0 Å². The van der Waals surface area contributed by atoms with Crippen molar-refractivity contribution in [2.24, 2.45) is 0 Å². The summed E-state index contributed by atoms with van der Waals surface area (Å²) in [6.45, 7) is 2.38. The summed E-state index contributed by atoms with van der Waals surface area (Å²) in [6.07, 6.45) is 4.14. The second kappa shape index (κ2) is 6.71. The molecular formula is C14H18BrF2NO2S. The van der Waals surface area contributed by atoms with Crippen LogP contribution in [-0.2, 0) is 10.0 Å². The van der Waals surface area contributed by atoms with Crippen LogP contribution in [0.2, 0.25) is 0 Å². The highest BCUT2D eigenvalue weighted by Gasteiger charge is 2.36. The Labute approximate surface area is 132 Å². The van der Waals surface area contributed by atoms with E-state index in [9.17, 15) is 17.2 Å². The van der Waals surface area contributed by atoms with Crippen LogP contribution in [0.1, 0.15) is 39.0 Å². The summed E-state index contributed by atoms with van der Waals surface area (Å²) in [4.78, 5) is -0.466. The van der Waals surface area contributed by atoms with Gasteiger partial charge in [0.15, 0.2) is 0 Å². The van der Waals surface area contributed by atoms with Gasteiger partial charge in [0.05, 0.1) is 0 Å². The minimum atomic E-state index is -3.97. The summed E-state index contributed by atoms with van der Waals surface area (Å²) in [6, 6.07) is 1.48. The fourth-order valence-electron chi connectivity index (χ4n) is 2.80. The Balaban J connectivity index is 2.45. The lowest BCUT2D eigenvalue weighted by Crippen LogP contribution is -2.43. The molecule has 0 bridgehead atoms. The quantitative estimate of drug-likeness (QED) is 0.787. The van der Waals surface area contributed by atoms with Crippen molar-refractivity contribution in [2.75, 3.05) is 6.54 Å². The minimum absolute atomic E-state index is 0.0687. The molecule has 1 aromatic carbocycles. The Bertz CT molecular complexity index is 596. The molecule has 0 aliphatic carbocycles. The molecule has 0 amide bonds. The van der Waals surface area contributed by atoms with Crippen molar-refractivity contribution in [1.82, 2.24) is 4.31 Å². The molecule has 1 saturated heterocycles. The maximum atomic E-state index is 14.0. The molecule has 1 aliphatic rings. The van der Waals surface area contributed by atoms with Gasteiger partial charge >= 0.3 is 0 Å². The van der Waals surface area contributed by atoms with E-state index in [0.717, 1.165) is 38.2 Å². The molecule has 7 heteroatoms. The van der Waals surface area contributed by atoms with Crippen molar-refractivity contribution in [3.8, 4) is 0 Å². The molecule has 1 heterocycles. The highest BCUT2D eigenvalue weighted by Crippen LogP contribution is 2.33. The van der Waals surface area contributed by atoms with Gasteiger partial charge in [-0.1, -0.05) is 19.8 Å². The predicted octanol–water partition coefficient (Wildman–Crippen LogP) is 4.07. The normalized spacial score (nSPS) is 20.7. The molecule has 3 nitrogen and oxygen atoms in total. The van der Waals surface area contributed by atoms with Gasteiger partial charge in [-0.25, -0.2) is 17.2 Å². The van der Waals surface area contributed by atoms with E-state index in [2.05, 4.69) is 15.9 Å². The van der Waals surface area contributed by atoms with Gasteiger partial charge in [0, 0.05) is 23.1 Å². The largest absolute Gasteiger partial charge is 0.247 e. The van der Waals surface area contributed by atoms with Crippen LogP contribution in [-0.4, -0.2) is 25.3 Å². The number of hydrogen-bond acceptors (Lipinski definition) is 2. The molecular weight excluding hydrogens is 364 g/mol. The Morgan fingerprint density at radius 2 is 2.05 bits per heavy atom. The van der Waals surface area contributed by atoms with Gasteiger partial charge in [-0.15, -0.1) is 0 Å². The van der Waals surface area contributed by atoms with Crippen LogP contribution >= 0.6 is 15.9 Å². The molecule has 0 aromatic heterocycles. The number of hydrogen-bond donors (Lipinski definition) is 0. The number of piperidine rings is 1. The van der Waals surface area contributed by atoms with E-state index in [-0.39, 0.29) is 10.5 Å². The third kappa shape index (κ3) is 3.46. The summed E-state index contributed by atoms with van der Waals surface area (Å²) in [5.74, 6) is -1.86. The van der Waals surface area contributed by atoms with Crippen LogP contribution in [0, 0.1) is 11.6 Å². The van der Waals surface area contributed by atoms with E-state index in [1.54, 1.807) is 0 Å². The molecule has 0 saturated carbocycles. The summed E-state index contributed by atoms with van der Waals surface area (Å²) in [5.41, 5.74) is 0. The van der Waals surface area contributed by atoms with Gasteiger partial charge in [-0.3, -0.25) is 0 Å². The van der Waals surface area contributed by atoms with Gasteiger partial charge in [0.1, 0.15) is 16.5 Å². The van der Waals surface area contributed by atoms with Gasteiger partial charge < -0.3 is 0 Å². The van der Waals surface area contributed by atoms with Crippen molar-refractivity contribution >= 4 is 26.0 Å². The van der Waals surface area contributed by atoms with E-state index in [1.165, 1.54) is 4.31 Å². The van der Waals surface area contributed by atoms with E-state index in [4.69, 9.17) is 0 Å². The SMILES string of the molecule is CCCC1CCCCN1S(=O)(=O)c1c(F)cc(F)cc1Br. The number of sulfonamides is 1. The number of rotatable bonds is 4. The van der Waals surface area contributed by atoms with E-state index < -0.39 is 26.6 Å². The van der Waals surface area contributed by atoms with Gasteiger partial charge in [-0.05, 0) is 41.3 Å². The highest BCUT2D eigenvalue weighted by atomic mass is 79.9. The maximum Gasteiger partial charge on any atom is 0.247 e. The van der Waals surface area contributed by atoms with Crippen LogP contribution < -0.4 is 0 Å². The first kappa shape index (κ1) is 16.8.